The van der Waals surface area contributed by atoms with E-state index in [9.17, 15) is 5.26 Å². The summed E-state index contributed by atoms with van der Waals surface area (Å²) in [5.74, 6) is 0. The molecule has 0 saturated heterocycles. The number of fused-ring (bicyclic) bond motifs is 1. The molecule has 1 aromatic carbocycles. The van der Waals surface area contributed by atoms with Crippen molar-refractivity contribution in [1.29, 1.82) is 5.26 Å². The predicted molar refractivity (Wildman–Crippen MR) is 85.4 cm³/mol. The third-order valence-electron chi connectivity index (χ3n) is 3.29. The van der Waals surface area contributed by atoms with Gasteiger partial charge in [-0.15, -0.1) is 10.2 Å². The molecule has 3 aromatic rings. The minimum absolute atomic E-state index is 0.208. The van der Waals surface area contributed by atoms with Crippen LogP contribution in [0.1, 0.15) is 18.2 Å². The molecule has 0 aliphatic rings. The van der Waals surface area contributed by atoms with Gasteiger partial charge >= 0.3 is 0 Å². The lowest BCUT2D eigenvalue weighted by Crippen LogP contribution is -2.19. The fourth-order valence-corrected chi connectivity index (χ4v) is 3.02. The lowest BCUT2D eigenvalue weighted by Gasteiger charge is -2.16. The summed E-state index contributed by atoms with van der Waals surface area (Å²) in [5, 5.41) is 25.9. The van der Waals surface area contributed by atoms with Gasteiger partial charge in [0, 0.05) is 11.4 Å². The van der Waals surface area contributed by atoms with Crippen molar-refractivity contribution in [3.63, 3.8) is 0 Å². The molecule has 0 spiro atoms. The molecule has 0 bridgehead atoms. The van der Waals surface area contributed by atoms with Crippen LogP contribution < -0.4 is 5.32 Å². The van der Waals surface area contributed by atoms with Crippen LogP contribution in [0.5, 0.6) is 0 Å². The Morgan fingerprint density at radius 2 is 2.14 bits per heavy atom. The number of hydrogen-bond donors (Lipinski definition) is 1. The van der Waals surface area contributed by atoms with Gasteiger partial charge < -0.3 is 5.32 Å². The van der Waals surface area contributed by atoms with Gasteiger partial charge in [0.1, 0.15) is 6.07 Å². The largest absolute Gasteiger partial charge is 0.379 e. The van der Waals surface area contributed by atoms with Crippen molar-refractivity contribution in [2.45, 2.75) is 19.4 Å². The zero-order valence-corrected chi connectivity index (χ0v) is 12.4. The molecule has 0 aliphatic carbocycles. The van der Waals surface area contributed by atoms with Crippen LogP contribution in [0.2, 0.25) is 0 Å². The van der Waals surface area contributed by atoms with Crippen molar-refractivity contribution < 1.29 is 0 Å². The van der Waals surface area contributed by atoms with Crippen LogP contribution in [0.25, 0.3) is 10.9 Å². The summed E-state index contributed by atoms with van der Waals surface area (Å²) in [4.78, 5) is 0. The first kappa shape index (κ1) is 13.5. The summed E-state index contributed by atoms with van der Waals surface area (Å²) in [5.41, 5.74) is 3.20. The van der Waals surface area contributed by atoms with Gasteiger partial charge in [0.2, 0.25) is 0 Å². The van der Waals surface area contributed by atoms with Crippen molar-refractivity contribution >= 4 is 27.9 Å². The topological polar surface area (TPSA) is 61.6 Å². The minimum atomic E-state index is 0.208. The fraction of sp³-hybridized carbons (Fsp3) is 0.188. The van der Waals surface area contributed by atoms with E-state index in [1.54, 1.807) is 11.3 Å². The first-order valence-corrected chi connectivity index (χ1v) is 7.65. The highest BCUT2D eigenvalue weighted by molar-refractivity contribution is 7.07. The Balaban J connectivity index is 1.93. The maximum absolute atomic E-state index is 9.26. The predicted octanol–water partition coefficient (Wildman–Crippen LogP) is 3.61. The molecule has 1 N–H and O–H groups in total. The summed E-state index contributed by atoms with van der Waals surface area (Å²) in [6.45, 7) is 2.11. The fourth-order valence-electron chi connectivity index (χ4n) is 2.34. The van der Waals surface area contributed by atoms with E-state index in [0.29, 0.717) is 5.69 Å². The van der Waals surface area contributed by atoms with E-state index in [1.807, 2.05) is 24.3 Å². The normalized spacial score (nSPS) is 12.0. The van der Waals surface area contributed by atoms with E-state index in [0.717, 1.165) is 23.0 Å². The van der Waals surface area contributed by atoms with Crippen LogP contribution in [0.15, 0.2) is 41.1 Å². The first-order valence-electron chi connectivity index (χ1n) is 6.71. The highest BCUT2D eigenvalue weighted by atomic mass is 32.1. The number of rotatable bonds is 4. The van der Waals surface area contributed by atoms with E-state index in [4.69, 9.17) is 0 Å². The Labute approximate surface area is 127 Å². The molecule has 0 amide bonds. The van der Waals surface area contributed by atoms with Crippen LogP contribution in [-0.4, -0.2) is 16.2 Å². The summed E-state index contributed by atoms with van der Waals surface area (Å²) >= 11 is 1.70. The molecule has 1 atom stereocenters. The maximum atomic E-state index is 9.26. The van der Waals surface area contributed by atoms with Gasteiger partial charge in [0.05, 0.1) is 11.2 Å². The molecule has 2 heterocycles. The van der Waals surface area contributed by atoms with Gasteiger partial charge in [0.25, 0.3) is 0 Å². The molecular formula is C16H14N4S. The summed E-state index contributed by atoms with van der Waals surface area (Å²) < 4.78 is 0. The minimum Gasteiger partial charge on any atom is -0.379 e. The molecular weight excluding hydrogens is 280 g/mol. The standard InChI is InChI=1S/C16H14N4S/c1-11(8-12-6-7-21-10-12)18-16-13-4-2-3-5-14(13)19-20-15(16)9-17/h2-7,10-11H,8H2,1H3,(H,18,19). The van der Waals surface area contributed by atoms with Crippen molar-refractivity contribution in [2.75, 3.05) is 5.32 Å². The average Bonchev–Trinajstić information content (AvgIpc) is 3.00. The van der Waals surface area contributed by atoms with E-state index >= 15 is 0 Å². The second-order valence-corrected chi connectivity index (χ2v) is 5.71. The molecule has 4 nitrogen and oxygen atoms in total. The lowest BCUT2D eigenvalue weighted by atomic mass is 10.1. The number of nitriles is 1. The van der Waals surface area contributed by atoms with E-state index in [2.05, 4.69) is 45.3 Å². The van der Waals surface area contributed by atoms with Gasteiger partial charge in [-0.3, -0.25) is 0 Å². The number of benzene rings is 1. The molecule has 5 heteroatoms. The Morgan fingerprint density at radius 3 is 2.90 bits per heavy atom. The second kappa shape index (κ2) is 5.90. The third-order valence-corrected chi connectivity index (χ3v) is 4.02. The third kappa shape index (κ3) is 2.86. The number of anilines is 1. The number of nitrogens with zero attached hydrogens (tertiary/aromatic N) is 3. The molecule has 0 radical (unpaired) electrons. The second-order valence-electron chi connectivity index (χ2n) is 4.93. The van der Waals surface area contributed by atoms with Gasteiger partial charge in [-0.05, 0) is 41.8 Å². The van der Waals surface area contributed by atoms with Crippen LogP contribution in [-0.2, 0) is 6.42 Å². The van der Waals surface area contributed by atoms with E-state index in [1.165, 1.54) is 5.56 Å². The zero-order chi connectivity index (χ0) is 14.7. The van der Waals surface area contributed by atoms with Crippen LogP contribution in [0.3, 0.4) is 0 Å². The monoisotopic (exact) mass is 294 g/mol. The van der Waals surface area contributed by atoms with Crippen molar-refractivity contribution in [3.05, 3.63) is 52.3 Å². The van der Waals surface area contributed by atoms with Gasteiger partial charge in [-0.2, -0.15) is 16.6 Å². The van der Waals surface area contributed by atoms with Gasteiger partial charge in [-0.1, -0.05) is 18.2 Å². The van der Waals surface area contributed by atoms with Crippen LogP contribution in [0.4, 0.5) is 5.69 Å². The highest BCUT2D eigenvalue weighted by Crippen LogP contribution is 2.25. The number of aromatic nitrogens is 2. The maximum Gasteiger partial charge on any atom is 0.186 e. The molecule has 0 aliphatic heterocycles. The van der Waals surface area contributed by atoms with Gasteiger partial charge in [-0.25, -0.2) is 0 Å². The SMILES string of the molecule is CC(Cc1ccsc1)Nc1c(C#N)nnc2ccccc12. The Kier molecular flexibility index (Phi) is 3.80. The quantitative estimate of drug-likeness (QED) is 0.798. The molecule has 104 valence electrons. The highest BCUT2D eigenvalue weighted by Gasteiger charge is 2.13. The first-order chi connectivity index (χ1) is 10.3. The molecule has 0 fully saturated rings. The van der Waals surface area contributed by atoms with Gasteiger partial charge in [0.15, 0.2) is 5.69 Å². The van der Waals surface area contributed by atoms with Crippen molar-refractivity contribution in [3.8, 4) is 6.07 Å². The van der Waals surface area contributed by atoms with E-state index in [-0.39, 0.29) is 6.04 Å². The number of hydrogen-bond acceptors (Lipinski definition) is 5. The Morgan fingerprint density at radius 1 is 1.29 bits per heavy atom. The number of thiophene rings is 1. The summed E-state index contributed by atoms with van der Waals surface area (Å²) in [6.07, 6.45) is 0.908. The van der Waals surface area contributed by atoms with E-state index < -0.39 is 0 Å². The average molecular weight is 294 g/mol. The molecule has 0 saturated carbocycles. The van der Waals surface area contributed by atoms with Crippen molar-refractivity contribution in [1.82, 2.24) is 10.2 Å². The zero-order valence-electron chi connectivity index (χ0n) is 11.6. The summed E-state index contributed by atoms with van der Waals surface area (Å²) in [7, 11) is 0. The van der Waals surface area contributed by atoms with Crippen LogP contribution in [0, 0.1) is 11.3 Å². The van der Waals surface area contributed by atoms with Crippen LogP contribution >= 0.6 is 11.3 Å². The summed E-state index contributed by atoms with van der Waals surface area (Å²) in [6, 6.07) is 12.2. The lowest BCUT2D eigenvalue weighted by molar-refractivity contribution is 0.791. The Bertz CT molecular complexity index is 790. The molecule has 3 rings (SSSR count). The molecule has 1 unspecified atom stereocenters. The smallest absolute Gasteiger partial charge is 0.186 e. The Hall–Kier alpha value is -2.45. The molecule has 2 aromatic heterocycles. The molecule has 21 heavy (non-hydrogen) atoms. The van der Waals surface area contributed by atoms with Crippen molar-refractivity contribution in [2.24, 2.45) is 0 Å². The number of nitrogens with one attached hydrogen (secondary N) is 1.